The fourth-order valence-electron chi connectivity index (χ4n) is 11.0. The maximum Gasteiger partial charge on any atom is 0.0782 e. The largest absolute Gasteiger partial charge is 0.308 e. The van der Waals surface area contributed by atoms with E-state index in [2.05, 4.69) is 252 Å². The SMILES string of the molecule is c1ccc(-c2ccc(-n3c4ccccc4c4cccc(N(c5cccc(-c6ccccc6)c5)c5ccc6c(c5)C5(c7ccccc7-c7ccccc75)c5ccccc5-6)c43)cc2)cc1. The van der Waals surface area contributed by atoms with Crippen LogP contribution in [0.5, 0.6) is 0 Å². The van der Waals surface area contributed by atoms with Gasteiger partial charge in [0.2, 0.25) is 0 Å². The molecule has 2 nitrogen and oxygen atoms in total. The third-order valence-corrected chi connectivity index (χ3v) is 13.6. The normalized spacial score (nSPS) is 12.9. The number of hydrogen-bond acceptors (Lipinski definition) is 1. The minimum atomic E-state index is -0.464. The molecule has 294 valence electrons. The Balaban J connectivity index is 1.10. The van der Waals surface area contributed by atoms with Crippen molar-refractivity contribution in [2.45, 2.75) is 5.41 Å². The average Bonchev–Trinajstić information content (AvgIpc) is 3.97. The predicted octanol–water partition coefficient (Wildman–Crippen LogP) is 15.9. The second-order valence-corrected chi connectivity index (χ2v) is 16.8. The quantitative estimate of drug-likeness (QED) is 0.163. The van der Waals surface area contributed by atoms with Crippen LogP contribution >= 0.6 is 0 Å². The summed E-state index contributed by atoms with van der Waals surface area (Å²) in [6.07, 6.45) is 0. The van der Waals surface area contributed by atoms with Crippen molar-refractivity contribution in [2.75, 3.05) is 4.90 Å². The highest BCUT2D eigenvalue weighted by molar-refractivity contribution is 6.14. The number of hydrogen-bond donors (Lipinski definition) is 0. The van der Waals surface area contributed by atoms with Crippen molar-refractivity contribution in [1.29, 1.82) is 0 Å². The lowest BCUT2D eigenvalue weighted by atomic mass is 9.70. The molecule has 2 aliphatic rings. The summed E-state index contributed by atoms with van der Waals surface area (Å²) in [6.45, 7) is 0. The molecule has 0 bridgehead atoms. The fourth-order valence-corrected chi connectivity index (χ4v) is 11.0. The summed E-state index contributed by atoms with van der Waals surface area (Å²) >= 11 is 0. The molecule has 13 rings (SSSR count). The third-order valence-electron chi connectivity index (χ3n) is 13.6. The monoisotopic (exact) mass is 800 g/mol. The summed E-state index contributed by atoms with van der Waals surface area (Å²) in [5.41, 5.74) is 21.6. The molecule has 2 aliphatic carbocycles. The first-order valence-electron chi connectivity index (χ1n) is 21.8. The van der Waals surface area contributed by atoms with Gasteiger partial charge in [-0.3, -0.25) is 0 Å². The molecular weight excluding hydrogens is 761 g/mol. The van der Waals surface area contributed by atoms with Crippen molar-refractivity contribution >= 4 is 38.9 Å². The number of anilines is 3. The van der Waals surface area contributed by atoms with Gasteiger partial charge in [0.1, 0.15) is 0 Å². The lowest BCUT2D eigenvalue weighted by Crippen LogP contribution is -2.26. The van der Waals surface area contributed by atoms with Crippen molar-refractivity contribution in [1.82, 2.24) is 4.57 Å². The van der Waals surface area contributed by atoms with E-state index in [0.717, 1.165) is 28.3 Å². The summed E-state index contributed by atoms with van der Waals surface area (Å²) in [5.74, 6) is 0. The minimum Gasteiger partial charge on any atom is -0.308 e. The van der Waals surface area contributed by atoms with E-state index in [9.17, 15) is 0 Å². The van der Waals surface area contributed by atoms with Crippen LogP contribution in [0.2, 0.25) is 0 Å². The van der Waals surface area contributed by atoms with Crippen LogP contribution in [0, 0.1) is 0 Å². The number of benzene rings is 10. The zero-order valence-electron chi connectivity index (χ0n) is 34.5. The molecule has 1 aromatic heterocycles. The molecule has 0 fully saturated rings. The van der Waals surface area contributed by atoms with Crippen molar-refractivity contribution in [2.24, 2.45) is 0 Å². The summed E-state index contributed by atoms with van der Waals surface area (Å²) in [7, 11) is 0. The summed E-state index contributed by atoms with van der Waals surface area (Å²) < 4.78 is 2.47. The summed E-state index contributed by atoms with van der Waals surface area (Å²) in [4.78, 5) is 2.51. The summed E-state index contributed by atoms with van der Waals surface area (Å²) in [5, 5.41) is 2.44. The first-order chi connectivity index (χ1) is 31.3. The van der Waals surface area contributed by atoms with Gasteiger partial charge in [0, 0.05) is 27.8 Å². The van der Waals surface area contributed by atoms with Crippen LogP contribution in [0.25, 0.3) is 72.0 Å². The molecule has 10 aromatic carbocycles. The van der Waals surface area contributed by atoms with Crippen LogP contribution in [-0.4, -0.2) is 4.57 Å². The molecule has 0 radical (unpaired) electrons. The second kappa shape index (κ2) is 13.9. The van der Waals surface area contributed by atoms with Gasteiger partial charge in [0.25, 0.3) is 0 Å². The van der Waals surface area contributed by atoms with Crippen LogP contribution in [0.3, 0.4) is 0 Å². The topological polar surface area (TPSA) is 8.17 Å². The lowest BCUT2D eigenvalue weighted by molar-refractivity contribution is 0.793. The predicted molar refractivity (Wildman–Crippen MR) is 263 cm³/mol. The van der Waals surface area contributed by atoms with Crippen LogP contribution in [-0.2, 0) is 5.41 Å². The van der Waals surface area contributed by atoms with Crippen molar-refractivity contribution < 1.29 is 0 Å². The molecule has 0 saturated carbocycles. The molecule has 0 N–H and O–H groups in total. The number of nitrogens with zero attached hydrogens (tertiary/aromatic N) is 2. The van der Waals surface area contributed by atoms with E-state index in [1.54, 1.807) is 0 Å². The van der Waals surface area contributed by atoms with E-state index in [4.69, 9.17) is 0 Å². The molecular formula is C61H40N2. The van der Waals surface area contributed by atoms with Crippen molar-refractivity contribution in [3.63, 3.8) is 0 Å². The fraction of sp³-hybridized carbons (Fsp3) is 0.0164. The van der Waals surface area contributed by atoms with Crippen LogP contribution < -0.4 is 4.90 Å². The molecule has 0 atom stereocenters. The van der Waals surface area contributed by atoms with E-state index in [1.807, 2.05) is 0 Å². The Morgan fingerprint density at radius 2 is 0.810 bits per heavy atom. The molecule has 0 unspecified atom stereocenters. The van der Waals surface area contributed by atoms with Crippen LogP contribution in [0.1, 0.15) is 22.3 Å². The summed E-state index contributed by atoms with van der Waals surface area (Å²) in [6, 6.07) is 89.6. The van der Waals surface area contributed by atoms with E-state index in [-0.39, 0.29) is 0 Å². The van der Waals surface area contributed by atoms with Gasteiger partial charge in [0.15, 0.2) is 0 Å². The molecule has 11 aromatic rings. The molecule has 0 amide bonds. The highest BCUT2D eigenvalue weighted by atomic mass is 15.2. The number of fused-ring (bicyclic) bond motifs is 13. The average molecular weight is 801 g/mol. The van der Waals surface area contributed by atoms with Crippen molar-refractivity contribution in [3.8, 4) is 50.2 Å². The van der Waals surface area contributed by atoms with Gasteiger partial charge in [-0.05, 0) is 115 Å². The van der Waals surface area contributed by atoms with E-state index < -0.39 is 5.41 Å². The van der Waals surface area contributed by atoms with Gasteiger partial charge in [-0.25, -0.2) is 0 Å². The van der Waals surface area contributed by atoms with Gasteiger partial charge >= 0.3 is 0 Å². The first kappa shape index (κ1) is 35.5. The van der Waals surface area contributed by atoms with Crippen LogP contribution in [0.15, 0.2) is 243 Å². The molecule has 2 heteroatoms. The maximum atomic E-state index is 2.51. The Labute approximate surface area is 367 Å². The van der Waals surface area contributed by atoms with Gasteiger partial charge in [-0.15, -0.1) is 0 Å². The highest BCUT2D eigenvalue weighted by Crippen LogP contribution is 2.63. The van der Waals surface area contributed by atoms with Crippen LogP contribution in [0.4, 0.5) is 17.1 Å². The lowest BCUT2D eigenvalue weighted by Gasteiger charge is -2.32. The number of para-hydroxylation sites is 2. The van der Waals surface area contributed by atoms with Crippen molar-refractivity contribution in [3.05, 3.63) is 265 Å². The Morgan fingerprint density at radius 1 is 0.317 bits per heavy atom. The maximum absolute atomic E-state index is 2.51. The van der Waals surface area contributed by atoms with Gasteiger partial charge in [-0.2, -0.15) is 0 Å². The third kappa shape index (κ3) is 5.19. The Morgan fingerprint density at radius 3 is 1.48 bits per heavy atom. The standard InChI is InChI=1S/C61H40N2/c1-3-17-41(18-4-1)43-33-35-45(36-34-43)63-58-31-14-10-26-52(58)53-27-16-32-59(60(53)63)62(46-22-15-21-44(39-46)42-19-5-2-6-20-42)47-37-38-51-50-25-9-13-30-56(50)61(57(51)40-47)54-28-11-7-23-48(54)49-24-8-12-29-55(49)61/h1-40H. The molecule has 1 spiro atoms. The molecule has 0 aliphatic heterocycles. The molecule has 63 heavy (non-hydrogen) atoms. The Hall–Kier alpha value is -8.20. The highest BCUT2D eigenvalue weighted by Gasteiger charge is 2.51. The minimum absolute atomic E-state index is 0.464. The molecule has 0 saturated heterocycles. The Kier molecular flexibility index (Phi) is 7.85. The second-order valence-electron chi connectivity index (χ2n) is 16.8. The molecule has 1 heterocycles. The van der Waals surface area contributed by atoms with Gasteiger partial charge < -0.3 is 9.47 Å². The van der Waals surface area contributed by atoms with E-state index in [0.29, 0.717) is 0 Å². The van der Waals surface area contributed by atoms with E-state index in [1.165, 1.54) is 83.1 Å². The smallest absolute Gasteiger partial charge is 0.0782 e. The van der Waals surface area contributed by atoms with Gasteiger partial charge in [0.05, 0.1) is 22.1 Å². The number of aromatic nitrogens is 1. The zero-order chi connectivity index (χ0) is 41.5. The first-order valence-corrected chi connectivity index (χ1v) is 21.8. The van der Waals surface area contributed by atoms with Gasteiger partial charge in [-0.1, -0.05) is 194 Å². The Bertz CT molecular complexity index is 3500. The zero-order valence-corrected chi connectivity index (χ0v) is 34.5. The van der Waals surface area contributed by atoms with E-state index >= 15 is 0 Å². The number of rotatable bonds is 6.